The Morgan fingerprint density at radius 2 is 1.81 bits per heavy atom. The lowest BCUT2D eigenvalue weighted by Gasteiger charge is -2.38. The number of hydrogen-bond acceptors (Lipinski definition) is 6. The van der Waals surface area contributed by atoms with Crippen molar-refractivity contribution >= 4 is 17.4 Å². The largest absolute Gasteiger partial charge is 0.454 e. The van der Waals surface area contributed by atoms with Gasteiger partial charge in [-0.15, -0.1) is 0 Å². The summed E-state index contributed by atoms with van der Waals surface area (Å²) in [7, 11) is 4.31. The molecule has 0 saturated carbocycles. The van der Waals surface area contributed by atoms with E-state index < -0.39 is 0 Å². The number of rotatable bonds is 5. The molecular weight excluding hydrogens is 406 g/mol. The molecule has 0 spiro atoms. The molecule has 3 aliphatic heterocycles. The molecule has 0 bridgehead atoms. The van der Waals surface area contributed by atoms with Gasteiger partial charge in [0.2, 0.25) is 6.79 Å². The molecule has 0 aromatic heterocycles. The summed E-state index contributed by atoms with van der Waals surface area (Å²) in [6.45, 7) is 5.88. The summed E-state index contributed by atoms with van der Waals surface area (Å²) in [6, 6.07) is 12.1. The SMILES string of the molecule is CN1CCN([C@@H](CNC(=O)Nc2ccc3c(c2)OCO3)c2ccc3c(c2)CCN3C)CC1. The molecule has 8 nitrogen and oxygen atoms in total. The molecule has 2 N–H and O–H groups in total. The van der Waals surface area contributed by atoms with Crippen molar-refractivity contribution in [3.63, 3.8) is 0 Å². The molecule has 1 fully saturated rings. The van der Waals surface area contributed by atoms with E-state index in [-0.39, 0.29) is 18.9 Å². The Labute approximate surface area is 189 Å². The van der Waals surface area contributed by atoms with E-state index in [0.717, 1.165) is 39.1 Å². The van der Waals surface area contributed by atoms with Gasteiger partial charge in [0.05, 0.1) is 6.04 Å². The van der Waals surface area contributed by atoms with Gasteiger partial charge in [-0.05, 0) is 42.8 Å². The van der Waals surface area contributed by atoms with Crippen LogP contribution < -0.4 is 25.0 Å². The van der Waals surface area contributed by atoms with E-state index in [4.69, 9.17) is 9.47 Å². The third-order valence-electron chi connectivity index (χ3n) is 6.68. The van der Waals surface area contributed by atoms with Gasteiger partial charge in [0.15, 0.2) is 11.5 Å². The maximum absolute atomic E-state index is 12.7. The van der Waals surface area contributed by atoms with Gasteiger partial charge in [-0.3, -0.25) is 4.90 Å². The highest BCUT2D eigenvalue weighted by Crippen LogP contribution is 2.34. The van der Waals surface area contributed by atoms with E-state index in [1.54, 1.807) is 6.07 Å². The summed E-state index contributed by atoms with van der Waals surface area (Å²) < 4.78 is 10.7. The second kappa shape index (κ2) is 8.88. The number of ether oxygens (including phenoxy) is 2. The number of fused-ring (bicyclic) bond motifs is 2. The van der Waals surface area contributed by atoms with Gasteiger partial charge in [-0.25, -0.2) is 4.79 Å². The topological polar surface area (TPSA) is 69.3 Å². The fourth-order valence-electron chi connectivity index (χ4n) is 4.72. The molecule has 3 heterocycles. The number of nitrogens with one attached hydrogen (secondary N) is 2. The number of likely N-dealkylation sites (N-methyl/N-ethyl adjacent to an activating group) is 2. The predicted octanol–water partition coefficient (Wildman–Crippen LogP) is 2.52. The normalized spacial score (nSPS) is 19.0. The van der Waals surface area contributed by atoms with Crippen molar-refractivity contribution in [2.24, 2.45) is 0 Å². The maximum atomic E-state index is 12.7. The van der Waals surface area contributed by atoms with Crippen molar-refractivity contribution in [1.82, 2.24) is 15.1 Å². The number of amides is 2. The third-order valence-corrected chi connectivity index (χ3v) is 6.68. The monoisotopic (exact) mass is 437 g/mol. The summed E-state index contributed by atoms with van der Waals surface area (Å²) in [5, 5.41) is 6.01. The summed E-state index contributed by atoms with van der Waals surface area (Å²) in [4.78, 5) is 19.8. The Kier molecular flexibility index (Phi) is 5.80. The van der Waals surface area contributed by atoms with E-state index in [0.29, 0.717) is 23.7 Å². The summed E-state index contributed by atoms with van der Waals surface area (Å²) >= 11 is 0. The molecule has 32 heavy (non-hydrogen) atoms. The van der Waals surface area contributed by atoms with E-state index >= 15 is 0 Å². The van der Waals surface area contributed by atoms with Gasteiger partial charge in [0.25, 0.3) is 0 Å². The van der Waals surface area contributed by atoms with Gasteiger partial charge in [-0.1, -0.05) is 12.1 Å². The van der Waals surface area contributed by atoms with Crippen LogP contribution in [0.15, 0.2) is 36.4 Å². The number of benzene rings is 2. The van der Waals surface area contributed by atoms with E-state index in [9.17, 15) is 4.79 Å². The van der Waals surface area contributed by atoms with Crippen LogP contribution in [0.5, 0.6) is 11.5 Å². The Balaban J connectivity index is 1.28. The molecule has 1 saturated heterocycles. The number of urea groups is 1. The van der Waals surface area contributed by atoms with Crippen molar-refractivity contribution in [3.8, 4) is 11.5 Å². The zero-order valence-corrected chi connectivity index (χ0v) is 18.8. The number of nitrogens with zero attached hydrogens (tertiary/aromatic N) is 3. The first-order valence-electron chi connectivity index (χ1n) is 11.3. The summed E-state index contributed by atoms with van der Waals surface area (Å²) in [6.07, 6.45) is 1.08. The van der Waals surface area contributed by atoms with Crippen LogP contribution in [-0.2, 0) is 6.42 Å². The number of hydrogen-bond donors (Lipinski definition) is 2. The van der Waals surface area contributed by atoms with Crippen LogP contribution in [0.2, 0.25) is 0 Å². The number of carbonyl (C=O) groups excluding carboxylic acids is 1. The minimum absolute atomic E-state index is 0.141. The quantitative estimate of drug-likeness (QED) is 0.749. The lowest BCUT2D eigenvalue weighted by atomic mass is 10.00. The molecular formula is C24H31N5O3. The summed E-state index contributed by atoms with van der Waals surface area (Å²) in [5.74, 6) is 1.36. The molecule has 8 heteroatoms. The number of piperazine rings is 1. The fraction of sp³-hybridized carbons (Fsp3) is 0.458. The minimum Gasteiger partial charge on any atom is -0.454 e. The predicted molar refractivity (Wildman–Crippen MR) is 125 cm³/mol. The zero-order valence-electron chi connectivity index (χ0n) is 18.8. The van der Waals surface area contributed by atoms with Crippen LogP contribution in [0.3, 0.4) is 0 Å². The van der Waals surface area contributed by atoms with Crippen molar-refractivity contribution in [1.29, 1.82) is 0 Å². The molecule has 0 radical (unpaired) electrons. The van der Waals surface area contributed by atoms with Crippen LogP contribution in [0.4, 0.5) is 16.2 Å². The minimum atomic E-state index is -0.219. The molecule has 170 valence electrons. The van der Waals surface area contributed by atoms with Crippen LogP contribution in [0, 0.1) is 0 Å². The van der Waals surface area contributed by atoms with Crippen molar-refractivity contribution in [2.45, 2.75) is 12.5 Å². The first kappa shape index (κ1) is 20.9. The molecule has 0 aliphatic carbocycles. The maximum Gasteiger partial charge on any atom is 0.319 e. The van der Waals surface area contributed by atoms with Crippen molar-refractivity contribution in [3.05, 3.63) is 47.5 Å². The first-order chi connectivity index (χ1) is 15.6. The van der Waals surface area contributed by atoms with E-state index in [2.05, 4.69) is 57.6 Å². The van der Waals surface area contributed by atoms with Gasteiger partial charge in [0, 0.05) is 63.8 Å². The molecule has 3 aliphatic rings. The highest BCUT2D eigenvalue weighted by Gasteiger charge is 2.26. The lowest BCUT2D eigenvalue weighted by Crippen LogP contribution is -2.48. The highest BCUT2D eigenvalue weighted by atomic mass is 16.7. The Hall–Kier alpha value is -2.97. The Bertz CT molecular complexity index is 990. The first-order valence-corrected chi connectivity index (χ1v) is 11.3. The standard InChI is InChI=1S/C24H31N5O3/c1-27-9-11-29(12-10-27)21(17-3-5-20-18(13-17)7-8-28(20)2)15-25-24(30)26-19-4-6-22-23(14-19)32-16-31-22/h3-6,13-14,21H,7-12,15-16H2,1-2H3,(H2,25,26,30)/t21-/m0/s1. The van der Waals surface area contributed by atoms with Gasteiger partial charge < -0.3 is 29.9 Å². The zero-order chi connectivity index (χ0) is 22.1. The molecule has 2 aromatic rings. The molecule has 0 unspecified atom stereocenters. The lowest BCUT2D eigenvalue weighted by molar-refractivity contribution is 0.111. The van der Waals surface area contributed by atoms with Crippen LogP contribution in [-0.4, -0.2) is 76.0 Å². The summed E-state index contributed by atoms with van der Waals surface area (Å²) in [5.41, 5.74) is 4.67. The Morgan fingerprint density at radius 3 is 2.66 bits per heavy atom. The molecule has 2 amide bonds. The van der Waals surface area contributed by atoms with Gasteiger partial charge in [-0.2, -0.15) is 0 Å². The average Bonchev–Trinajstić information content (AvgIpc) is 3.41. The number of carbonyl (C=O) groups is 1. The smallest absolute Gasteiger partial charge is 0.319 e. The second-order valence-electron chi connectivity index (χ2n) is 8.82. The fourth-order valence-corrected chi connectivity index (χ4v) is 4.72. The van der Waals surface area contributed by atoms with Gasteiger partial charge in [0.1, 0.15) is 0 Å². The van der Waals surface area contributed by atoms with Crippen LogP contribution >= 0.6 is 0 Å². The third kappa shape index (κ3) is 4.33. The number of anilines is 2. The van der Waals surface area contributed by atoms with Gasteiger partial charge >= 0.3 is 6.03 Å². The average molecular weight is 438 g/mol. The second-order valence-corrected chi connectivity index (χ2v) is 8.82. The highest BCUT2D eigenvalue weighted by molar-refractivity contribution is 5.89. The molecule has 2 aromatic carbocycles. The molecule has 5 rings (SSSR count). The van der Waals surface area contributed by atoms with E-state index in [1.807, 2.05) is 12.1 Å². The molecule has 1 atom stereocenters. The Morgan fingerprint density at radius 1 is 1.00 bits per heavy atom. The van der Waals surface area contributed by atoms with Crippen LogP contribution in [0.1, 0.15) is 17.2 Å². The van der Waals surface area contributed by atoms with Crippen molar-refractivity contribution < 1.29 is 14.3 Å². The van der Waals surface area contributed by atoms with Crippen molar-refractivity contribution in [2.75, 3.05) is 70.4 Å². The van der Waals surface area contributed by atoms with Crippen LogP contribution in [0.25, 0.3) is 0 Å². The van der Waals surface area contributed by atoms with E-state index in [1.165, 1.54) is 16.8 Å².